The molecule has 1 aromatic heterocycles. The summed E-state index contributed by atoms with van der Waals surface area (Å²) in [6.07, 6.45) is 4.06. The van der Waals surface area contributed by atoms with Crippen LogP contribution in [0, 0.1) is 0 Å². The molecule has 0 saturated carbocycles. The van der Waals surface area contributed by atoms with Crippen molar-refractivity contribution in [2.75, 3.05) is 13.2 Å². The Balaban J connectivity index is 2.04. The van der Waals surface area contributed by atoms with Crippen LogP contribution in [0.4, 0.5) is 0 Å². The van der Waals surface area contributed by atoms with Crippen LogP contribution >= 0.6 is 0 Å². The Morgan fingerprint density at radius 2 is 2.59 bits per heavy atom. The summed E-state index contributed by atoms with van der Waals surface area (Å²) >= 11 is 0. The fourth-order valence-corrected chi connectivity index (χ4v) is 1.95. The maximum atomic E-state index is 11.5. The van der Waals surface area contributed by atoms with E-state index in [4.69, 9.17) is 4.74 Å². The van der Waals surface area contributed by atoms with Crippen molar-refractivity contribution in [1.82, 2.24) is 20.3 Å². The molecule has 0 spiro atoms. The van der Waals surface area contributed by atoms with Crippen LogP contribution in [0.1, 0.15) is 44.5 Å². The van der Waals surface area contributed by atoms with Crippen LogP contribution in [0.25, 0.3) is 0 Å². The first kappa shape index (κ1) is 12.0. The first-order valence-corrected chi connectivity index (χ1v) is 6.04. The quantitative estimate of drug-likeness (QED) is 0.787. The summed E-state index contributed by atoms with van der Waals surface area (Å²) in [6.45, 7) is 4.96. The third-order valence-corrected chi connectivity index (χ3v) is 2.97. The molecule has 1 fully saturated rings. The number of aromatic nitrogens is 3. The summed E-state index contributed by atoms with van der Waals surface area (Å²) in [5.41, 5.74) is 0.902. The summed E-state index contributed by atoms with van der Waals surface area (Å²) in [5.74, 6) is -0.275. The number of ether oxygens (including phenoxy) is 1. The molecule has 0 aliphatic carbocycles. The van der Waals surface area contributed by atoms with Crippen LogP contribution in [0.5, 0.6) is 0 Å². The van der Waals surface area contributed by atoms with E-state index in [0.29, 0.717) is 6.61 Å². The second kappa shape index (κ2) is 5.27. The molecule has 6 heteroatoms. The van der Waals surface area contributed by atoms with Crippen LogP contribution < -0.4 is 5.32 Å². The van der Waals surface area contributed by atoms with Crippen molar-refractivity contribution in [3.05, 3.63) is 11.9 Å². The fourth-order valence-electron chi connectivity index (χ4n) is 1.95. The van der Waals surface area contributed by atoms with Gasteiger partial charge in [0, 0.05) is 0 Å². The molecule has 2 unspecified atom stereocenters. The van der Waals surface area contributed by atoms with E-state index in [-0.39, 0.29) is 12.0 Å². The molecule has 94 valence electrons. The zero-order valence-corrected chi connectivity index (χ0v) is 10.2. The number of hydrogen-bond acceptors (Lipinski definition) is 5. The van der Waals surface area contributed by atoms with Crippen LogP contribution in [0.15, 0.2) is 6.20 Å². The molecule has 0 bridgehead atoms. The first-order valence-electron chi connectivity index (χ1n) is 6.04. The Labute approximate surface area is 100 Å². The second-order valence-electron chi connectivity index (χ2n) is 4.20. The molecule has 1 aliphatic heterocycles. The van der Waals surface area contributed by atoms with Gasteiger partial charge in [0.05, 0.1) is 24.5 Å². The lowest BCUT2D eigenvalue weighted by Crippen LogP contribution is -2.19. The first-order chi connectivity index (χ1) is 8.22. The number of rotatable bonds is 4. The van der Waals surface area contributed by atoms with Crippen molar-refractivity contribution in [3.8, 4) is 0 Å². The molecular formula is C11H18N4O2. The standard InChI is InChI=1S/C11H18N4O2/c1-3-17-11(16)8(2)15-7-10(13-14-15)9-5-4-6-12-9/h7-9,12H,3-6H2,1-2H3. The highest BCUT2D eigenvalue weighted by Crippen LogP contribution is 2.21. The molecule has 2 atom stereocenters. The molecule has 1 aromatic rings. The molecule has 1 N–H and O–H groups in total. The normalized spacial score (nSPS) is 21.4. The van der Waals surface area contributed by atoms with Gasteiger partial charge in [-0.15, -0.1) is 5.10 Å². The van der Waals surface area contributed by atoms with Crippen molar-refractivity contribution >= 4 is 5.97 Å². The fraction of sp³-hybridized carbons (Fsp3) is 0.727. The van der Waals surface area contributed by atoms with E-state index in [1.807, 2.05) is 6.20 Å². The van der Waals surface area contributed by atoms with E-state index >= 15 is 0 Å². The smallest absolute Gasteiger partial charge is 0.330 e. The van der Waals surface area contributed by atoms with Gasteiger partial charge in [0.15, 0.2) is 0 Å². The van der Waals surface area contributed by atoms with E-state index in [2.05, 4.69) is 15.6 Å². The van der Waals surface area contributed by atoms with E-state index < -0.39 is 6.04 Å². The highest BCUT2D eigenvalue weighted by molar-refractivity contribution is 5.73. The van der Waals surface area contributed by atoms with Crippen molar-refractivity contribution in [2.24, 2.45) is 0 Å². The third-order valence-electron chi connectivity index (χ3n) is 2.97. The van der Waals surface area contributed by atoms with Crippen molar-refractivity contribution < 1.29 is 9.53 Å². The molecule has 2 heterocycles. The van der Waals surface area contributed by atoms with Gasteiger partial charge in [-0.25, -0.2) is 9.48 Å². The zero-order valence-electron chi connectivity index (χ0n) is 10.2. The average Bonchev–Trinajstić information content (AvgIpc) is 2.98. The second-order valence-corrected chi connectivity index (χ2v) is 4.20. The summed E-state index contributed by atoms with van der Waals surface area (Å²) < 4.78 is 6.51. The van der Waals surface area contributed by atoms with Crippen LogP contribution in [-0.2, 0) is 9.53 Å². The number of nitrogens with one attached hydrogen (secondary N) is 1. The van der Waals surface area contributed by atoms with Gasteiger partial charge >= 0.3 is 5.97 Å². The van der Waals surface area contributed by atoms with Gasteiger partial charge in [0.1, 0.15) is 6.04 Å². The molecule has 2 rings (SSSR count). The van der Waals surface area contributed by atoms with E-state index in [1.54, 1.807) is 18.5 Å². The van der Waals surface area contributed by atoms with Crippen LogP contribution in [-0.4, -0.2) is 34.1 Å². The molecule has 0 radical (unpaired) electrons. The minimum absolute atomic E-state index is 0.275. The van der Waals surface area contributed by atoms with Gasteiger partial charge in [-0.3, -0.25) is 0 Å². The lowest BCUT2D eigenvalue weighted by molar-refractivity contribution is -0.146. The molecule has 17 heavy (non-hydrogen) atoms. The Morgan fingerprint density at radius 1 is 1.76 bits per heavy atom. The Bertz CT molecular complexity index is 385. The predicted molar refractivity (Wildman–Crippen MR) is 61.3 cm³/mol. The number of esters is 1. The summed E-state index contributed by atoms with van der Waals surface area (Å²) in [4.78, 5) is 11.5. The third kappa shape index (κ3) is 2.63. The monoisotopic (exact) mass is 238 g/mol. The van der Waals surface area contributed by atoms with Crippen molar-refractivity contribution in [3.63, 3.8) is 0 Å². The van der Waals surface area contributed by atoms with E-state index in [1.165, 1.54) is 0 Å². The highest BCUT2D eigenvalue weighted by atomic mass is 16.5. The summed E-state index contributed by atoms with van der Waals surface area (Å²) in [7, 11) is 0. The minimum Gasteiger partial charge on any atom is -0.464 e. The highest BCUT2D eigenvalue weighted by Gasteiger charge is 2.22. The summed E-state index contributed by atoms with van der Waals surface area (Å²) in [6, 6.07) is -0.143. The lowest BCUT2D eigenvalue weighted by Gasteiger charge is -2.09. The number of hydrogen-bond donors (Lipinski definition) is 1. The largest absolute Gasteiger partial charge is 0.464 e. The van der Waals surface area contributed by atoms with E-state index in [0.717, 1.165) is 25.1 Å². The lowest BCUT2D eigenvalue weighted by atomic mass is 10.2. The maximum Gasteiger partial charge on any atom is 0.330 e. The zero-order chi connectivity index (χ0) is 12.3. The molecular weight excluding hydrogens is 220 g/mol. The number of carbonyl (C=O) groups excluding carboxylic acids is 1. The topological polar surface area (TPSA) is 69.0 Å². The van der Waals surface area contributed by atoms with Crippen LogP contribution in [0.2, 0.25) is 0 Å². The van der Waals surface area contributed by atoms with Gasteiger partial charge in [-0.05, 0) is 33.2 Å². The SMILES string of the molecule is CCOC(=O)C(C)n1cc(C2CCCN2)nn1. The molecule has 0 amide bonds. The number of carbonyl (C=O) groups is 1. The Kier molecular flexibility index (Phi) is 3.73. The van der Waals surface area contributed by atoms with Crippen LogP contribution in [0.3, 0.4) is 0 Å². The maximum absolute atomic E-state index is 11.5. The Hall–Kier alpha value is -1.43. The number of nitrogens with zero attached hydrogens (tertiary/aromatic N) is 3. The Morgan fingerprint density at radius 3 is 3.24 bits per heavy atom. The minimum atomic E-state index is -0.419. The van der Waals surface area contributed by atoms with Crippen molar-refractivity contribution in [1.29, 1.82) is 0 Å². The molecule has 6 nitrogen and oxygen atoms in total. The molecule has 1 aliphatic rings. The molecule has 1 saturated heterocycles. The van der Waals surface area contributed by atoms with Gasteiger partial charge in [0.2, 0.25) is 0 Å². The average molecular weight is 238 g/mol. The van der Waals surface area contributed by atoms with Gasteiger partial charge in [0.25, 0.3) is 0 Å². The van der Waals surface area contributed by atoms with Gasteiger partial charge in [-0.1, -0.05) is 5.21 Å². The van der Waals surface area contributed by atoms with E-state index in [9.17, 15) is 4.79 Å². The summed E-state index contributed by atoms with van der Waals surface area (Å²) in [5, 5.41) is 11.4. The van der Waals surface area contributed by atoms with Crippen molar-refractivity contribution in [2.45, 2.75) is 38.8 Å². The van der Waals surface area contributed by atoms with Gasteiger partial charge < -0.3 is 10.1 Å². The molecule has 0 aromatic carbocycles. The predicted octanol–water partition coefficient (Wildman–Crippen LogP) is 0.827. The van der Waals surface area contributed by atoms with Gasteiger partial charge in [-0.2, -0.15) is 0 Å².